The van der Waals surface area contributed by atoms with Crippen LogP contribution in [0.1, 0.15) is 11.1 Å². The van der Waals surface area contributed by atoms with Crippen LogP contribution >= 0.6 is 0 Å². The molecule has 62 valence electrons. The predicted molar refractivity (Wildman–Crippen MR) is 45.6 cm³/mol. The summed E-state index contributed by atoms with van der Waals surface area (Å²) in [6, 6.07) is 3.39. The van der Waals surface area contributed by atoms with Crippen LogP contribution in [0.3, 0.4) is 0 Å². The highest BCUT2D eigenvalue weighted by Crippen LogP contribution is 2.25. The van der Waals surface area contributed by atoms with Gasteiger partial charge in [0.05, 0.1) is 6.26 Å². The van der Waals surface area contributed by atoms with E-state index in [0.717, 1.165) is 10.9 Å². The Morgan fingerprint density at radius 2 is 2.08 bits per heavy atom. The molecule has 2 rings (SSSR count). The fraction of sp³-hybridized carbons (Fsp3) is 0.200. The van der Waals surface area contributed by atoms with Crippen molar-refractivity contribution in [2.75, 3.05) is 0 Å². The van der Waals surface area contributed by atoms with Crippen molar-refractivity contribution in [1.29, 1.82) is 0 Å². The van der Waals surface area contributed by atoms with Crippen molar-refractivity contribution >= 4 is 11.0 Å². The van der Waals surface area contributed by atoms with Gasteiger partial charge in [0.25, 0.3) is 0 Å². The van der Waals surface area contributed by atoms with Crippen LogP contribution in [-0.2, 0) is 0 Å². The third-order valence-electron chi connectivity index (χ3n) is 2.13. The van der Waals surface area contributed by atoms with Gasteiger partial charge in [-0.25, -0.2) is 4.39 Å². The highest BCUT2D eigenvalue weighted by Gasteiger charge is 2.08. The quantitative estimate of drug-likeness (QED) is 0.582. The second kappa shape index (κ2) is 2.34. The van der Waals surface area contributed by atoms with Crippen molar-refractivity contribution in [2.24, 2.45) is 0 Å². The molecule has 0 atom stereocenters. The van der Waals surface area contributed by atoms with Crippen molar-refractivity contribution in [2.45, 2.75) is 13.8 Å². The van der Waals surface area contributed by atoms with Gasteiger partial charge in [0, 0.05) is 10.9 Å². The lowest BCUT2D eigenvalue weighted by Crippen LogP contribution is -1.84. The van der Waals surface area contributed by atoms with Crippen LogP contribution in [0.4, 0.5) is 4.39 Å². The number of rotatable bonds is 0. The molecule has 0 N–H and O–H groups in total. The number of furan rings is 1. The molecule has 1 aromatic heterocycles. The molecule has 2 heteroatoms. The van der Waals surface area contributed by atoms with E-state index < -0.39 is 0 Å². The lowest BCUT2D eigenvalue weighted by molar-refractivity contribution is 0.589. The largest absolute Gasteiger partial charge is 0.464 e. The van der Waals surface area contributed by atoms with Gasteiger partial charge in [-0.1, -0.05) is 0 Å². The summed E-state index contributed by atoms with van der Waals surface area (Å²) in [6.07, 6.45) is 1.59. The molecule has 0 radical (unpaired) electrons. The highest BCUT2D eigenvalue weighted by molar-refractivity contribution is 5.83. The van der Waals surface area contributed by atoms with Crippen molar-refractivity contribution in [3.8, 4) is 0 Å². The summed E-state index contributed by atoms with van der Waals surface area (Å²) in [7, 11) is 0. The van der Waals surface area contributed by atoms with E-state index in [-0.39, 0.29) is 5.82 Å². The lowest BCUT2D eigenvalue weighted by atomic mass is 10.1. The first-order valence-electron chi connectivity index (χ1n) is 3.83. The molecule has 0 fully saturated rings. The van der Waals surface area contributed by atoms with E-state index in [1.807, 2.05) is 13.0 Å². The van der Waals surface area contributed by atoms with E-state index >= 15 is 0 Å². The van der Waals surface area contributed by atoms with Crippen LogP contribution < -0.4 is 0 Å². The predicted octanol–water partition coefficient (Wildman–Crippen LogP) is 3.19. The topological polar surface area (TPSA) is 13.1 Å². The van der Waals surface area contributed by atoms with Crippen LogP contribution in [0.2, 0.25) is 0 Å². The third kappa shape index (κ3) is 0.843. The molecule has 0 saturated heterocycles. The zero-order valence-electron chi connectivity index (χ0n) is 7.02. The Bertz CT molecular complexity index is 429. The van der Waals surface area contributed by atoms with Crippen molar-refractivity contribution in [3.63, 3.8) is 0 Å². The first kappa shape index (κ1) is 7.35. The van der Waals surface area contributed by atoms with E-state index in [0.29, 0.717) is 11.1 Å². The molecular formula is C10H9FO. The van der Waals surface area contributed by atoms with Crippen molar-refractivity contribution in [3.05, 3.63) is 35.3 Å². The average molecular weight is 164 g/mol. The molecule has 0 aliphatic heterocycles. The maximum Gasteiger partial charge on any atom is 0.139 e. The molecule has 0 spiro atoms. The van der Waals surface area contributed by atoms with Gasteiger partial charge in [-0.05, 0) is 31.5 Å². The molecular weight excluding hydrogens is 155 g/mol. The summed E-state index contributed by atoms with van der Waals surface area (Å²) in [5.41, 5.74) is 2.16. The van der Waals surface area contributed by atoms with Gasteiger partial charge in [0.15, 0.2) is 0 Å². The Labute approximate surface area is 69.8 Å². The normalized spacial score (nSPS) is 10.9. The smallest absolute Gasteiger partial charge is 0.139 e. The minimum atomic E-state index is -0.199. The van der Waals surface area contributed by atoms with E-state index in [1.54, 1.807) is 13.2 Å². The number of hydrogen-bond donors (Lipinski definition) is 0. The first-order chi connectivity index (χ1) is 5.70. The van der Waals surface area contributed by atoms with Crippen molar-refractivity contribution in [1.82, 2.24) is 0 Å². The van der Waals surface area contributed by atoms with E-state index in [2.05, 4.69) is 0 Å². The van der Waals surface area contributed by atoms with Crippen molar-refractivity contribution < 1.29 is 8.81 Å². The molecule has 2 aromatic rings. The Balaban J connectivity index is 2.97. The van der Waals surface area contributed by atoms with Gasteiger partial charge < -0.3 is 4.42 Å². The number of hydrogen-bond acceptors (Lipinski definition) is 1. The second-order valence-electron chi connectivity index (χ2n) is 2.96. The number of halogens is 1. The average Bonchev–Trinajstić information content (AvgIpc) is 2.48. The number of fused-ring (bicyclic) bond motifs is 1. The molecule has 0 bridgehead atoms. The van der Waals surface area contributed by atoms with Gasteiger partial charge >= 0.3 is 0 Å². The molecule has 1 nitrogen and oxygen atoms in total. The van der Waals surface area contributed by atoms with Gasteiger partial charge in [0.2, 0.25) is 0 Å². The van der Waals surface area contributed by atoms with E-state index in [4.69, 9.17) is 4.42 Å². The molecule has 12 heavy (non-hydrogen) atoms. The van der Waals surface area contributed by atoms with Gasteiger partial charge in [0.1, 0.15) is 11.4 Å². The standard InChI is InChI=1S/C10H9FO/c1-6-5-9(11)7(2)10-8(6)3-4-12-10/h3-5H,1-2H3. The molecule has 0 aliphatic carbocycles. The van der Waals surface area contributed by atoms with Gasteiger partial charge in [-0.3, -0.25) is 0 Å². The summed E-state index contributed by atoms with van der Waals surface area (Å²) in [4.78, 5) is 0. The summed E-state index contributed by atoms with van der Waals surface area (Å²) in [5, 5.41) is 0.994. The van der Waals surface area contributed by atoms with E-state index in [1.165, 1.54) is 6.07 Å². The SMILES string of the molecule is Cc1cc(F)c(C)c2occc12. The molecule has 0 unspecified atom stereocenters. The first-order valence-corrected chi connectivity index (χ1v) is 3.83. The minimum Gasteiger partial charge on any atom is -0.464 e. The maximum atomic E-state index is 13.1. The summed E-state index contributed by atoms with van der Waals surface area (Å²) in [6.45, 7) is 3.60. The van der Waals surface area contributed by atoms with Crippen LogP contribution in [0.25, 0.3) is 11.0 Å². The van der Waals surface area contributed by atoms with Gasteiger partial charge in [-0.15, -0.1) is 0 Å². The molecule has 0 saturated carbocycles. The molecule has 0 amide bonds. The van der Waals surface area contributed by atoms with Crippen LogP contribution in [0.15, 0.2) is 22.8 Å². The summed E-state index contributed by atoms with van der Waals surface area (Å²) >= 11 is 0. The summed E-state index contributed by atoms with van der Waals surface area (Å²) in [5.74, 6) is -0.199. The zero-order valence-corrected chi connectivity index (χ0v) is 7.02. The minimum absolute atomic E-state index is 0.199. The monoisotopic (exact) mass is 164 g/mol. The van der Waals surface area contributed by atoms with Crippen LogP contribution in [0, 0.1) is 19.7 Å². The summed E-state index contributed by atoms with van der Waals surface area (Å²) < 4.78 is 18.3. The van der Waals surface area contributed by atoms with Crippen LogP contribution in [0.5, 0.6) is 0 Å². The second-order valence-corrected chi connectivity index (χ2v) is 2.96. The number of benzene rings is 1. The maximum absolute atomic E-state index is 13.1. The fourth-order valence-electron chi connectivity index (χ4n) is 1.39. The lowest BCUT2D eigenvalue weighted by Gasteiger charge is -1.99. The highest BCUT2D eigenvalue weighted by atomic mass is 19.1. The Morgan fingerprint density at radius 3 is 2.83 bits per heavy atom. The molecule has 0 aliphatic rings. The third-order valence-corrected chi connectivity index (χ3v) is 2.13. The van der Waals surface area contributed by atoms with E-state index in [9.17, 15) is 4.39 Å². The van der Waals surface area contributed by atoms with Crippen LogP contribution in [-0.4, -0.2) is 0 Å². The zero-order chi connectivity index (χ0) is 8.72. The fourth-order valence-corrected chi connectivity index (χ4v) is 1.39. The Hall–Kier alpha value is -1.31. The number of aryl methyl sites for hydroxylation is 2. The molecule has 1 heterocycles. The van der Waals surface area contributed by atoms with Gasteiger partial charge in [-0.2, -0.15) is 0 Å². The Morgan fingerprint density at radius 1 is 1.33 bits per heavy atom. The molecule has 1 aromatic carbocycles. The Kier molecular flexibility index (Phi) is 1.43.